The van der Waals surface area contributed by atoms with Crippen molar-refractivity contribution in [2.24, 2.45) is 0 Å². The third-order valence-electron chi connectivity index (χ3n) is 2.29. The molecule has 0 fully saturated rings. The van der Waals surface area contributed by atoms with Gasteiger partial charge >= 0.3 is 0 Å². The van der Waals surface area contributed by atoms with Crippen LogP contribution < -0.4 is 5.56 Å². The first-order chi connectivity index (χ1) is 7.41. The minimum absolute atomic E-state index is 0.00590. The van der Waals surface area contributed by atoms with Crippen molar-refractivity contribution in [3.63, 3.8) is 0 Å². The summed E-state index contributed by atoms with van der Waals surface area (Å²) in [5, 5.41) is -0.00590. The van der Waals surface area contributed by atoms with Gasteiger partial charge in [0.15, 0.2) is 5.15 Å². The van der Waals surface area contributed by atoms with Gasteiger partial charge in [-0.2, -0.15) is 0 Å². The second-order valence-corrected chi connectivity index (χ2v) is 4.94. The topological polar surface area (TPSA) is 47.8 Å². The lowest BCUT2D eigenvalue weighted by molar-refractivity contribution is 0.397. The lowest BCUT2D eigenvalue weighted by atomic mass is 10.1. The fraction of sp³-hybridized carbons (Fsp3) is 0.364. The van der Waals surface area contributed by atoms with Crippen LogP contribution in [0.3, 0.4) is 0 Å². The van der Waals surface area contributed by atoms with E-state index in [1.165, 1.54) is 0 Å². The zero-order chi connectivity index (χ0) is 11.9. The van der Waals surface area contributed by atoms with Gasteiger partial charge < -0.3 is 0 Å². The summed E-state index contributed by atoms with van der Waals surface area (Å²) < 4.78 is 1.62. The molecule has 0 saturated carbocycles. The Morgan fingerprint density at radius 2 is 2.06 bits per heavy atom. The highest BCUT2D eigenvalue weighted by atomic mass is 35.5. The monoisotopic (exact) mass is 237 g/mol. The summed E-state index contributed by atoms with van der Waals surface area (Å²) in [5.74, 6) is 0. The van der Waals surface area contributed by atoms with Crippen molar-refractivity contribution in [3.05, 3.63) is 34.0 Å². The van der Waals surface area contributed by atoms with E-state index < -0.39 is 0 Å². The predicted molar refractivity (Wildman–Crippen MR) is 63.8 cm³/mol. The number of aromatic nitrogens is 3. The zero-order valence-electron chi connectivity index (χ0n) is 9.36. The van der Waals surface area contributed by atoms with Crippen molar-refractivity contribution in [2.75, 3.05) is 0 Å². The van der Waals surface area contributed by atoms with E-state index in [2.05, 4.69) is 9.97 Å². The Hall–Kier alpha value is -1.42. The molecule has 0 saturated heterocycles. The van der Waals surface area contributed by atoms with Crippen LogP contribution in [0.15, 0.2) is 23.3 Å². The summed E-state index contributed by atoms with van der Waals surface area (Å²) in [4.78, 5) is 20.0. The van der Waals surface area contributed by atoms with Crippen LogP contribution in [0.5, 0.6) is 0 Å². The molecule has 0 aliphatic rings. The summed E-state index contributed by atoms with van der Waals surface area (Å²) in [6.45, 7) is 5.82. The molecule has 0 radical (unpaired) electrons. The van der Waals surface area contributed by atoms with E-state index in [4.69, 9.17) is 11.6 Å². The summed E-state index contributed by atoms with van der Waals surface area (Å²) >= 11 is 5.83. The maximum atomic E-state index is 12.0. The number of halogens is 1. The molecule has 0 aromatic carbocycles. The summed E-state index contributed by atoms with van der Waals surface area (Å²) in [6, 6.07) is 1.74. The molecule has 0 aliphatic carbocycles. The van der Waals surface area contributed by atoms with E-state index in [0.29, 0.717) is 11.0 Å². The molecule has 0 aliphatic heterocycles. The maximum Gasteiger partial charge on any atom is 0.289 e. The SMILES string of the molecule is CC(C)(C)n1c(=O)c(Cl)nc2ccncc21. The van der Waals surface area contributed by atoms with Crippen LogP contribution in [0.4, 0.5) is 0 Å². The Balaban J connectivity index is 2.99. The van der Waals surface area contributed by atoms with Gasteiger partial charge in [-0.15, -0.1) is 0 Å². The number of rotatable bonds is 0. The molecule has 0 amide bonds. The third kappa shape index (κ3) is 1.69. The van der Waals surface area contributed by atoms with E-state index in [9.17, 15) is 4.79 Å². The molecule has 2 aromatic rings. The Bertz CT molecular complexity index is 598. The number of hydrogen-bond donors (Lipinski definition) is 0. The van der Waals surface area contributed by atoms with Gasteiger partial charge in [0.1, 0.15) is 0 Å². The first-order valence-corrected chi connectivity index (χ1v) is 5.32. The number of nitrogens with zero attached hydrogens (tertiary/aromatic N) is 3. The van der Waals surface area contributed by atoms with Crippen LogP contribution in [-0.2, 0) is 5.54 Å². The number of pyridine rings is 1. The Morgan fingerprint density at radius 3 is 2.69 bits per heavy atom. The first kappa shape index (κ1) is 11.1. The summed E-state index contributed by atoms with van der Waals surface area (Å²) in [5.41, 5.74) is 0.735. The van der Waals surface area contributed by atoms with E-state index in [0.717, 1.165) is 0 Å². The smallest absolute Gasteiger partial charge is 0.289 e. The molecule has 0 N–H and O–H groups in total. The molecule has 2 aromatic heterocycles. The molecule has 2 heterocycles. The molecule has 16 heavy (non-hydrogen) atoms. The molecular weight excluding hydrogens is 226 g/mol. The largest absolute Gasteiger partial charge is 0.297 e. The van der Waals surface area contributed by atoms with Gasteiger partial charge in [-0.1, -0.05) is 11.6 Å². The van der Waals surface area contributed by atoms with Crippen molar-refractivity contribution in [2.45, 2.75) is 26.3 Å². The second kappa shape index (κ2) is 3.56. The van der Waals surface area contributed by atoms with Gasteiger partial charge in [0.05, 0.1) is 17.2 Å². The van der Waals surface area contributed by atoms with Crippen LogP contribution in [-0.4, -0.2) is 14.5 Å². The van der Waals surface area contributed by atoms with Crippen LogP contribution in [0, 0.1) is 0 Å². The zero-order valence-corrected chi connectivity index (χ0v) is 10.1. The van der Waals surface area contributed by atoms with Crippen molar-refractivity contribution in [3.8, 4) is 0 Å². The fourth-order valence-corrected chi connectivity index (χ4v) is 1.84. The molecule has 4 nitrogen and oxygen atoms in total. The quantitative estimate of drug-likeness (QED) is 0.706. The first-order valence-electron chi connectivity index (χ1n) is 4.94. The van der Waals surface area contributed by atoms with Crippen molar-refractivity contribution in [1.82, 2.24) is 14.5 Å². The van der Waals surface area contributed by atoms with Gasteiger partial charge in [0, 0.05) is 11.7 Å². The van der Waals surface area contributed by atoms with Crippen LogP contribution in [0.25, 0.3) is 11.0 Å². The fourth-order valence-electron chi connectivity index (χ4n) is 1.67. The molecule has 0 spiro atoms. The van der Waals surface area contributed by atoms with Gasteiger partial charge in [0.25, 0.3) is 5.56 Å². The Kier molecular flexibility index (Phi) is 2.46. The predicted octanol–water partition coefficient (Wildman–Crippen LogP) is 2.20. The Labute approximate surface area is 97.9 Å². The second-order valence-electron chi connectivity index (χ2n) is 4.58. The standard InChI is InChI=1S/C11H12ClN3O/c1-11(2,3)15-8-6-13-5-4-7(8)14-9(12)10(15)16/h4-6H,1-3H3. The molecule has 5 heteroatoms. The van der Waals surface area contributed by atoms with E-state index >= 15 is 0 Å². The lowest BCUT2D eigenvalue weighted by Crippen LogP contribution is -2.34. The maximum absolute atomic E-state index is 12.0. The van der Waals surface area contributed by atoms with Crippen molar-refractivity contribution >= 4 is 22.6 Å². The number of fused-ring (bicyclic) bond motifs is 1. The van der Waals surface area contributed by atoms with Crippen LogP contribution in [0.2, 0.25) is 5.15 Å². The molecule has 0 atom stereocenters. The van der Waals surface area contributed by atoms with Crippen LogP contribution in [0.1, 0.15) is 20.8 Å². The highest BCUT2D eigenvalue weighted by Crippen LogP contribution is 2.19. The third-order valence-corrected chi connectivity index (χ3v) is 2.53. The van der Waals surface area contributed by atoms with E-state index in [-0.39, 0.29) is 16.3 Å². The lowest BCUT2D eigenvalue weighted by Gasteiger charge is -2.24. The Morgan fingerprint density at radius 1 is 1.38 bits per heavy atom. The summed E-state index contributed by atoms with van der Waals surface area (Å²) in [6.07, 6.45) is 3.26. The molecule has 0 unspecified atom stereocenters. The highest BCUT2D eigenvalue weighted by molar-refractivity contribution is 6.29. The molecule has 0 bridgehead atoms. The normalized spacial score (nSPS) is 12.0. The van der Waals surface area contributed by atoms with Gasteiger partial charge in [0.2, 0.25) is 0 Å². The van der Waals surface area contributed by atoms with E-state index in [1.807, 2.05) is 20.8 Å². The molecular formula is C11H12ClN3O. The average Bonchev–Trinajstić information content (AvgIpc) is 2.17. The average molecular weight is 238 g/mol. The minimum Gasteiger partial charge on any atom is -0.297 e. The van der Waals surface area contributed by atoms with Crippen molar-refractivity contribution in [1.29, 1.82) is 0 Å². The summed E-state index contributed by atoms with van der Waals surface area (Å²) in [7, 11) is 0. The van der Waals surface area contributed by atoms with Gasteiger partial charge in [-0.05, 0) is 26.8 Å². The van der Waals surface area contributed by atoms with Gasteiger partial charge in [-0.25, -0.2) is 4.98 Å². The van der Waals surface area contributed by atoms with Gasteiger partial charge in [-0.3, -0.25) is 14.3 Å². The highest BCUT2D eigenvalue weighted by Gasteiger charge is 2.20. The van der Waals surface area contributed by atoms with Crippen LogP contribution >= 0.6 is 11.6 Å². The molecule has 84 valence electrons. The number of hydrogen-bond acceptors (Lipinski definition) is 3. The minimum atomic E-state index is -0.356. The van der Waals surface area contributed by atoms with Crippen molar-refractivity contribution < 1.29 is 0 Å². The molecule has 2 rings (SSSR count). The van der Waals surface area contributed by atoms with E-state index in [1.54, 1.807) is 23.0 Å².